The normalized spacial score (nSPS) is 11.4. The second kappa shape index (κ2) is 21.1. The van der Waals surface area contributed by atoms with Gasteiger partial charge in [-0.05, 0) is 12.8 Å². The van der Waals surface area contributed by atoms with Crippen LogP contribution in [0.2, 0.25) is 0 Å². The van der Waals surface area contributed by atoms with Gasteiger partial charge >= 0.3 is 5.97 Å². The van der Waals surface area contributed by atoms with Crippen molar-refractivity contribution in [3.63, 3.8) is 0 Å². The summed E-state index contributed by atoms with van der Waals surface area (Å²) in [7, 11) is 4.03. The molecular weight excluding hydrogens is 350 g/mol. The van der Waals surface area contributed by atoms with Gasteiger partial charge in [0.25, 0.3) is 0 Å². The molecule has 0 aromatic carbocycles. The van der Waals surface area contributed by atoms with Crippen LogP contribution >= 0.6 is 0 Å². The van der Waals surface area contributed by atoms with E-state index in [1.165, 1.54) is 109 Å². The molecule has 0 atom stereocenters. The summed E-state index contributed by atoms with van der Waals surface area (Å²) in [6, 6.07) is 0. The van der Waals surface area contributed by atoms with Gasteiger partial charge in [-0.25, -0.2) is 4.79 Å². The molecule has 0 aromatic heterocycles. The number of nitrogens with zero attached hydrogens (tertiary/aromatic N) is 1. The van der Waals surface area contributed by atoms with Crippen LogP contribution in [0.25, 0.3) is 0 Å². The fraction of sp³-hybridized carbons (Fsp3) is 0.958. The molecule has 0 radical (unpaired) electrons. The lowest BCUT2D eigenvalue weighted by Gasteiger charge is -2.27. The Morgan fingerprint density at radius 2 is 0.893 bits per heavy atom. The monoisotopic (exact) mass is 401 g/mol. The number of aliphatic carboxylic acids is 1. The number of carbonyl (C=O) groups is 1. The van der Waals surface area contributed by atoms with Gasteiger partial charge in [0.15, 0.2) is 6.54 Å². The molecule has 4 nitrogen and oxygen atoms in total. The van der Waals surface area contributed by atoms with Crippen molar-refractivity contribution in [3.8, 4) is 0 Å². The first-order valence-corrected chi connectivity index (χ1v) is 12.0. The summed E-state index contributed by atoms with van der Waals surface area (Å²) >= 11 is 0. The summed E-state index contributed by atoms with van der Waals surface area (Å²) in [5, 5.41) is 8.88. The smallest absolute Gasteiger partial charge is 0.359 e. The van der Waals surface area contributed by atoms with Gasteiger partial charge in [-0.1, -0.05) is 110 Å². The number of carboxylic acid groups (broad SMARTS) is 1. The Morgan fingerprint density at radius 1 is 0.607 bits per heavy atom. The van der Waals surface area contributed by atoms with Gasteiger partial charge in [-0.2, -0.15) is 0 Å². The number of unbranched alkanes of at least 4 members (excludes halogenated alkanes) is 17. The molecule has 0 bridgehead atoms. The van der Waals surface area contributed by atoms with E-state index in [0.717, 1.165) is 13.0 Å². The topological polar surface area (TPSA) is 67.3 Å². The number of rotatable bonds is 21. The molecule has 0 aliphatic carbocycles. The molecule has 2 N–H and O–H groups in total. The van der Waals surface area contributed by atoms with Gasteiger partial charge in [0.05, 0.1) is 20.6 Å². The summed E-state index contributed by atoms with van der Waals surface area (Å²) in [6.07, 6.45) is 25.0. The van der Waals surface area contributed by atoms with Crippen molar-refractivity contribution >= 4 is 5.97 Å². The Labute approximate surface area is 176 Å². The zero-order valence-electron chi connectivity index (χ0n) is 19.4. The van der Waals surface area contributed by atoms with Crippen LogP contribution in [0, 0.1) is 0 Å². The molecule has 4 heteroatoms. The average Bonchev–Trinajstić information content (AvgIpc) is 2.59. The number of carboxylic acids is 1. The van der Waals surface area contributed by atoms with Crippen LogP contribution in [0.15, 0.2) is 0 Å². The molecule has 0 saturated carbocycles. The second-order valence-electron chi connectivity index (χ2n) is 9.22. The third kappa shape index (κ3) is 23.4. The van der Waals surface area contributed by atoms with Crippen molar-refractivity contribution in [3.05, 3.63) is 0 Å². The molecule has 0 aliphatic rings. The maximum absolute atomic E-state index is 10.8. The second-order valence-corrected chi connectivity index (χ2v) is 9.22. The number of quaternary nitrogens is 1. The third-order valence-electron chi connectivity index (χ3n) is 5.68. The highest BCUT2D eigenvalue weighted by Crippen LogP contribution is 2.14. The maximum Gasteiger partial charge on any atom is 0.359 e. The van der Waals surface area contributed by atoms with Crippen LogP contribution < -0.4 is 0 Å². The highest BCUT2D eigenvalue weighted by Gasteiger charge is 2.18. The average molecular weight is 402 g/mol. The first kappa shape index (κ1) is 29.6. The maximum atomic E-state index is 10.8. The van der Waals surface area contributed by atoms with E-state index in [1.54, 1.807) is 0 Å². The van der Waals surface area contributed by atoms with Crippen molar-refractivity contribution in [2.45, 2.75) is 122 Å². The minimum atomic E-state index is -0.692. The Balaban J connectivity index is 0. The third-order valence-corrected chi connectivity index (χ3v) is 5.68. The van der Waals surface area contributed by atoms with E-state index in [0.29, 0.717) is 4.48 Å². The number of hydrogen-bond acceptors (Lipinski definition) is 2. The quantitative estimate of drug-likeness (QED) is 0.166. The standard InChI is InChI=1S/C24H49NO2.H2O/c1-4-5-6-7-8-9-10-11-12-13-14-15-16-17-18-19-20-21-22-25(2,3)23-24(26)27;/h4-23H2,1-3H3;1H2. The Hall–Kier alpha value is -0.610. The summed E-state index contributed by atoms with van der Waals surface area (Å²) in [4.78, 5) is 10.8. The Morgan fingerprint density at radius 3 is 1.18 bits per heavy atom. The predicted octanol–water partition coefficient (Wildman–Crippen LogP) is 7.01. The van der Waals surface area contributed by atoms with Crippen LogP contribution in [-0.2, 0) is 4.79 Å². The Kier molecular flexibility index (Phi) is 22.3. The molecule has 0 fully saturated rings. The van der Waals surface area contributed by atoms with Crippen molar-refractivity contribution in [1.29, 1.82) is 0 Å². The van der Waals surface area contributed by atoms with Crippen LogP contribution in [-0.4, -0.2) is 48.2 Å². The lowest BCUT2D eigenvalue weighted by Crippen LogP contribution is -2.44. The van der Waals surface area contributed by atoms with Crippen molar-refractivity contribution in [2.75, 3.05) is 27.2 Å². The summed E-state index contributed by atoms with van der Waals surface area (Å²) in [5.74, 6) is -0.692. The highest BCUT2D eigenvalue weighted by molar-refractivity contribution is 5.67. The predicted molar refractivity (Wildman–Crippen MR) is 120 cm³/mol. The molecule has 0 aliphatic heterocycles. The molecule has 0 spiro atoms. The van der Waals surface area contributed by atoms with Gasteiger partial charge in [-0.15, -0.1) is 0 Å². The SMILES string of the molecule is CCCCCCCCCCCCCCCCCCCC[N+](C)(C)CC(=O)O.[OH-]. The molecule has 28 heavy (non-hydrogen) atoms. The number of likely N-dealkylation sites (N-methyl/N-ethyl adjacent to an activating group) is 1. The molecular formula is C24H51NO3. The fourth-order valence-corrected chi connectivity index (χ4v) is 3.89. The van der Waals surface area contributed by atoms with Crippen LogP contribution in [0.5, 0.6) is 0 Å². The largest absolute Gasteiger partial charge is 0.870 e. The highest BCUT2D eigenvalue weighted by atomic mass is 16.4. The van der Waals surface area contributed by atoms with Gasteiger partial charge in [0.1, 0.15) is 0 Å². The molecule has 0 unspecified atom stereocenters. The molecule has 0 amide bonds. The minimum absolute atomic E-state index is 0. The van der Waals surface area contributed by atoms with Crippen molar-refractivity contribution in [1.82, 2.24) is 0 Å². The first-order valence-electron chi connectivity index (χ1n) is 12.0. The Bertz CT molecular complexity index is 332. The van der Waals surface area contributed by atoms with Gasteiger partial charge in [-0.3, -0.25) is 0 Å². The minimum Gasteiger partial charge on any atom is -0.870 e. The van der Waals surface area contributed by atoms with E-state index in [9.17, 15) is 4.79 Å². The summed E-state index contributed by atoms with van der Waals surface area (Å²) in [6.45, 7) is 3.50. The van der Waals surface area contributed by atoms with Crippen LogP contribution in [0.3, 0.4) is 0 Å². The molecule has 170 valence electrons. The fourth-order valence-electron chi connectivity index (χ4n) is 3.89. The first-order chi connectivity index (χ1) is 13.0. The lowest BCUT2D eigenvalue weighted by molar-refractivity contribution is -0.883. The van der Waals surface area contributed by atoms with Crippen molar-refractivity contribution < 1.29 is 19.9 Å². The zero-order valence-corrected chi connectivity index (χ0v) is 19.4. The number of hydrogen-bond donors (Lipinski definition) is 1. The van der Waals surface area contributed by atoms with Crippen LogP contribution in [0.4, 0.5) is 0 Å². The van der Waals surface area contributed by atoms with Crippen LogP contribution in [0.1, 0.15) is 122 Å². The van der Waals surface area contributed by atoms with E-state index in [-0.39, 0.29) is 12.0 Å². The zero-order chi connectivity index (χ0) is 20.2. The van der Waals surface area contributed by atoms with Gasteiger partial charge in [0, 0.05) is 0 Å². The molecule has 0 saturated heterocycles. The van der Waals surface area contributed by atoms with E-state index in [1.807, 2.05) is 14.1 Å². The summed E-state index contributed by atoms with van der Waals surface area (Å²) < 4.78 is 0.605. The van der Waals surface area contributed by atoms with E-state index < -0.39 is 5.97 Å². The molecule has 0 heterocycles. The molecule has 0 aromatic rings. The van der Waals surface area contributed by atoms with Gasteiger partial charge < -0.3 is 15.1 Å². The summed E-state index contributed by atoms with van der Waals surface area (Å²) in [5.41, 5.74) is 0. The van der Waals surface area contributed by atoms with E-state index in [2.05, 4.69) is 6.92 Å². The lowest BCUT2D eigenvalue weighted by atomic mass is 10.0. The van der Waals surface area contributed by atoms with Gasteiger partial charge in [0.2, 0.25) is 0 Å². The van der Waals surface area contributed by atoms with E-state index >= 15 is 0 Å². The van der Waals surface area contributed by atoms with E-state index in [4.69, 9.17) is 5.11 Å². The van der Waals surface area contributed by atoms with Crippen molar-refractivity contribution in [2.24, 2.45) is 0 Å². The molecule has 0 rings (SSSR count).